The number of nitrogens with one attached hydrogen (secondary N) is 1. The van der Waals surface area contributed by atoms with Crippen LogP contribution in [0.25, 0.3) is 0 Å². The van der Waals surface area contributed by atoms with Crippen molar-refractivity contribution in [3.05, 3.63) is 11.6 Å². The summed E-state index contributed by atoms with van der Waals surface area (Å²) in [6.45, 7) is 11.6. The molecule has 1 aliphatic rings. The molecule has 0 saturated carbocycles. The molecule has 0 aromatic rings. The fourth-order valence-corrected chi connectivity index (χ4v) is 3.02. The zero-order chi connectivity index (χ0) is 20.8. The average molecular weight is 385 g/mol. The van der Waals surface area contributed by atoms with E-state index in [4.69, 9.17) is 14.3 Å². The van der Waals surface area contributed by atoms with Crippen LogP contribution < -0.4 is 5.32 Å². The predicted octanol–water partition coefficient (Wildman–Crippen LogP) is 3.44. The van der Waals surface area contributed by atoms with Gasteiger partial charge in [-0.15, -0.1) is 0 Å². The van der Waals surface area contributed by atoms with E-state index in [-0.39, 0.29) is 30.1 Å². The van der Waals surface area contributed by atoms with Gasteiger partial charge in [-0.2, -0.15) is 0 Å². The Morgan fingerprint density at radius 3 is 2.37 bits per heavy atom. The summed E-state index contributed by atoms with van der Waals surface area (Å²) in [7, 11) is 3.01. The lowest BCUT2D eigenvalue weighted by molar-refractivity contribution is -0.164. The molecule has 1 N–H and O–H groups in total. The Morgan fingerprint density at radius 1 is 1.30 bits per heavy atom. The lowest BCUT2D eigenvalue weighted by Crippen LogP contribution is -2.49. The summed E-state index contributed by atoms with van der Waals surface area (Å²) in [5.74, 6) is -0.235. The van der Waals surface area contributed by atoms with Gasteiger partial charge in [0, 0.05) is 24.6 Å². The van der Waals surface area contributed by atoms with Crippen LogP contribution in [-0.4, -0.2) is 55.1 Å². The van der Waals surface area contributed by atoms with E-state index in [0.29, 0.717) is 12.0 Å². The summed E-state index contributed by atoms with van der Waals surface area (Å²) < 4.78 is 11.6. The van der Waals surface area contributed by atoms with E-state index in [1.54, 1.807) is 7.05 Å². The Morgan fingerprint density at radius 2 is 1.89 bits per heavy atom. The fraction of sp³-hybridized carbons (Fsp3) is 0.800. The Bertz CT molecular complexity index is 537. The molecule has 0 spiro atoms. The maximum atomic E-state index is 12.6. The van der Waals surface area contributed by atoms with Crippen molar-refractivity contribution in [2.75, 3.05) is 14.2 Å². The molecule has 156 valence electrons. The molecule has 0 aromatic heterocycles. The van der Waals surface area contributed by atoms with E-state index in [1.807, 2.05) is 33.8 Å². The van der Waals surface area contributed by atoms with E-state index in [1.165, 1.54) is 12.2 Å². The average Bonchev–Trinajstić information content (AvgIpc) is 2.59. The molecule has 0 bridgehead atoms. The van der Waals surface area contributed by atoms with E-state index in [0.717, 1.165) is 12.8 Å². The number of likely N-dealkylation sites (N-methyl/N-ethyl adjacent to an activating group) is 1. The molecule has 1 aliphatic carbocycles. The molecular weight excluding hydrogens is 348 g/mol. The first-order valence-corrected chi connectivity index (χ1v) is 9.70. The third kappa shape index (κ3) is 7.14. The van der Waals surface area contributed by atoms with Crippen LogP contribution >= 0.6 is 0 Å². The molecule has 0 aromatic carbocycles. The number of hydroxylamine groups is 2. The molecule has 3 atom stereocenters. The molecule has 0 heterocycles. The SMILES string of the molecule is CCC(CC)O[C@@H]1C=C(C(=O)N(C)OC)C[C@H](NC(=O)OC(C)(C)C)[C@H]1C. The Labute approximate surface area is 163 Å². The van der Waals surface area contributed by atoms with Gasteiger partial charge >= 0.3 is 6.09 Å². The van der Waals surface area contributed by atoms with Gasteiger partial charge in [-0.3, -0.25) is 9.63 Å². The highest BCUT2D eigenvalue weighted by Crippen LogP contribution is 2.29. The second-order valence-corrected chi connectivity index (χ2v) is 8.03. The van der Waals surface area contributed by atoms with Crippen LogP contribution in [0.4, 0.5) is 4.79 Å². The van der Waals surface area contributed by atoms with Crippen molar-refractivity contribution >= 4 is 12.0 Å². The van der Waals surface area contributed by atoms with Crippen LogP contribution in [0.2, 0.25) is 0 Å². The van der Waals surface area contributed by atoms with Gasteiger partial charge in [0.15, 0.2) is 0 Å². The van der Waals surface area contributed by atoms with Gasteiger partial charge in [-0.25, -0.2) is 9.86 Å². The number of amides is 2. The number of hydrogen-bond acceptors (Lipinski definition) is 5. The van der Waals surface area contributed by atoms with Gasteiger partial charge < -0.3 is 14.8 Å². The normalized spacial score (nSPS) is 23.0. The van der Waals surface area contributed by atoms with E-state index < -0.39 is 11.7 Å². The minimum Gasteiger partial charge on any atom is -0.444 e. The summed E-state index contributed by atoms with van der Waals surface area (Å²) in [6.07, 6.45) is 3.38. The molecule has 1 rings (SSSR count). The van der Waals surface area contributed by atoms with E-state index in [9.17, 15) is 9.59 Å². The minimum absolute atomic E-state index is 0.00233. The van der Waals surface area contributed by atoms with Crippen LogP contribution in [0.15, 0.2) is 11.6 Å². The first kappa shape index (κ1) is 23.4. The predicted molar refractivity (Wildman–Crippen MR) is 104 cm³/mol. The summed E-state index contributed by atoms with van der Waals surface area (Å²) >= 11 is 0. The first-order valence-electron chi connectivity index (χ1n) is 9.70. The monoisotopic (exact) mass is 384 g/mol. The number of carbonyl (C=O) groups excluding carboxylic acids is 2. The summed E-state index contributed by atoms with van der Waals surface area (Å²) in [5, 5.41) is 4.09. The number of rotatable bonds is 7. The molecule has 0 saturated heterocycles. The highest BCUT2D eigenvalue weighted by atomic mass is 16.7. The van der Waals surface area contributed by atoms with E-state index >= 15 is 0 Å². The standard InChI is InChI=1S/C20H36N2O5/c1-9-15(10-2)26-17-12-14(18(23)22(7)25-8)11-16(13(17)3)21-19(24)27-20(4,5)6/h12-13,15-17H,9-11H2,1-8H3,(H,21,24)/t13-,16+,17-/m1/s1. The third-order valence-electron chi connectivity index (χ3n) is 4.76. The zero-order valence-electron chi connectivity index (χ0n) is 18.0. The van der Waals surface area contributed by atoms with Crippen molar-refractivity contribution in [2.24, 2.45) is 5.92 Å². The van der Waals surface area contributed by atoms with Crippen molar-refractivity contribution < 1.29 is 23.9 Å². The second kappa shape index (κ2) is 10.1. The third-order valence-corrected chi connectivity index (χ3v) is 4.76. The van der Waals surface area contributed by atoms with Crippen molar-refractivity contribution in [3.8, 4) is 0 Å². The van der Waals surface area contributed by atoms with Gasteiger partial charge in [-0.1, -0.05) is 20.8 Å². The minimum atomic E-state index is -0.585. The number of ether oxygens (including phenoxy) is 2. The Hall–Kier alpha value is -1.60. The van der Waals surface area contributed by atoms with Crippen molar-refractivity contribution in [1.29, 1.82) is 0 Å². The number of hydrogen-bond donors (Lipinski definition) is 1. The summed E-state index contributed by atoms with van der Waals surface area (Å²) in [5.41, 5.74) is -0.0208. The fourth-order valence-electron chi connectivity index (χ4n) is 3.02. The maximum absolute atomic E-state index is 12.6. The van der Waals surface area contributed by atoms with Crippen molar-refractivity contribution in [3.63, 3.8) is 0 Å². The molecule has 27 heavy (non-hydrogen) atoms. The quantitative estimate of drug-likeness (QED) is 0.681. The Balaban J connectivity index is 3.03. The van der Waals surface area contributed by atoms with E-state index in [2.05, 4.69) is 19.2 Å². The van der Waals surface area contributed by atoms with Gasteiger partial charge in [0.1, 0.15) is 5.60 Å². The molecule has 0 unspecified atom stereocenters. The highest BCUT2D eigenvalue weighted by Gasteiger charge is 2.36. The van der Waals surface area contributed by atoms with Crippen LogP contribution in [0.1, 0.15) is 60.8 Å². The zero-order valence-corrected chi connectivity index (χ0v) is 18.0. The molecular formula is C20H36N2O5. The summed E-state index contributed by atoms with van der Waals surface area (Å²) in [4.78, 5) is 29.9. The van der Waals surface area contributed by atoms with Crippen molar-refractivity contribution in [2.45, 2.75) is 84.7 Å². The maximum Gasteiger partial charge on any atom is 0.407 e. The number of nitrogens with zero attached hydrogens (tertiary/aromatic N) is 1. The topological polar surface area (TPSA) is 77.1 Å². The molecule has 2 amide bonds. The van der Waals surface area contributed by atoms with Gasteiger partial charge in [-0.05, 0) is 46.1 Å². The lowest BCUT2D eigenvalue weighted by Gasteiger charge is -2.37. The largest absolute Gasteiger partial charge is 0.444 e. The molecule has 7 heteroatoms. The van der Waals surface area contributed by atoms with Crippen molar-refractivity contribution in [1.82, 2.24) is 10.4 Å². The molecule has 0 aliphatic heterocycles. The number of carbonyl (C=O) groups is 2. The molecule has 7 nitrogen and oxygen atoms in total. The summed E-state index contributed by atoms with van der Waals surface area (Å²) in [6, 6.07) is -0.270. The van der Waals surface area contributed by atoms with Crippen LogP contribution in [0.5, 0.6) is 0 Å². The van der Waals surface area contributed by atoms with Gasteiger partial charge in [0.25, 0.3) is 5.91 Å². The van der Waals surface area contributed by atoms with Crippen LogP contribution in [0.3, 0.4) is 0 Å². The van der Waals surface area contributed by atoms with Gasteiger partial charge in [0.05, 0.1) is 19.3 Å². The molecule has 0 radical (unpaired) electrons. The molecule has 0 fully saturated rings. The van der Waals surface area contributed by atoms with Crippen LogP contribution in [-0.2, 0) is 19.1 Å². The Kier molecular flexibility index (Phi) is 8.75. The second-order valence-electron chi connectivity index (χ2n) is 8.03. The first-order chi connectivity index (χ1) is 12.5. The van der Waals surface area contributed by atoms with Gasteiger partial charge in [0.2, 0.25) is 0 Å². The lowest BCUT2D eigenvalue weighted by atomic mass is 9.83. The highest BCUT2D eigenvalue weighted by molar-refractivity contribution is 5.93. The smallest absolute Gasteiger partial charge is 0.407 e. The number of alkyl carbamates (subject to hydrolysis) is 1. The van der Waals surface area contributed by atoms with Crippen LogP contribution in [0, 0.1) is 5.92 Å².